The van der Waals surface area contributed by atoms with Crippen molar-refractivity contribution in [3.8, 4) is 0 Å². The molecule has 0 amide bonds. The van der Waals surface area contributed by atoms with Crippen molar-refractivity contribution in [2.24, 2.45) is 17.0 Å². The molecule has 33 heavy (non-hydrogen) atoms. The van der Waals surface area contributed by atoms with Gasteiger partial charge < -0.3 is 33.5 Å². The molecule has 186 valence electrons. The molecule has 4 unspecified atom stereocenters. The third kappa shape index (κ3) is 7.27. The Bertz CT molecular complexity index is 758. The molecular formula is C20H31N3O10. The van der Waals surface area contributed by atoms with Gasteiger partial charge >= 0.3 is 17.9 Å². The van der Waals surface area contributed by atoms with Crippen molar-refractivity contribution in [2.75, 3.05) is 19.8 Å². The van der Waals surface area contributed by atoms with Gasteiger partial charge in [0.2, 0.25) is 0 Å². The van der Waals surface area contributed by atoms with Crippen molar-refractivity contribution in [3.05, 3.63) is 10.4 Å². The van der Waals surface area contributed by atoms with Crippen LogP contribution in [0.25, 0.3) is 10.4 Å². The molecule has 0 aromatic carbocycles. The minimum atomic E-state index is -1.04. The Morgan fingerprint density at radius 2 is 1.67 bits per heavy atom. The number of carbonyl (C=O) groups excluding carboxylic acids is 3. The van der Waals surface area contributed by atoms with Crippen molar-refractivity contribution < 1.29 is 47.9 Å². The van der Waals surface area contributed by atoms with Crippen molar-refractivity contribution in [1.29, 1.82) is 0 Å². The number of carbonyl (C=O) groups is 3. The van der Waals surface area contributed by atoms with Crippen molar-refractivity contribution in [3.63, 3.8) is 0 Å². The largest absolute Gasteiger partial charge is 0.463 e. The fourth-order valence-electron chi connectivity index (χ4n) is 3.83. The molecule has 9 atom stereocenters. The number of azide groups is 1. The predicted octanol–water partition coefficient (Wildman–Crippen LogP) is 0.865. The third-order valence-electron chi connectivity index (χ3n) is 5.50. The van der Waals surface area contributed by atoms with Gasteiger partial charge in [-0.3, -0.25) is 14.4 Å². The molecule has 2 aliphatic rings. The number of hydrogen-bond acceptors (Lipinski definition) is 11. The molecule has 13 nitrogen and oxygen atoms in total. The molecule has 2 saturated heterocycles. The number of rotatable bonds is 8. The van der Waals surface area contributed by atoms with Gasteiger partial charge in [0, 0.05) is 37.5 Å². The van der Waals surface area contributed by atoms with E-state index in [0.29, 0.717) is 0 Å². The number of aliphatic hydroxyl groups excluding tert-OH is 1. The molecule has 1 N–H and O–H groups in total. The fraction of sp³-hybridized carbons (Fsp3) is 0.850. The van der Waals surface area contributed by atoms with Gasteiger partial charge in [-0.15, -0.1) is 0 Å². The molecular weight excluding hydrogens is 442 g/mol. The summed E-state index contributed by atoms with van der Waals surface area (Å²) in [7, 11) is 0. The smallest absolute Gasteiger partial charge is 0.303 e. The molecule has 0 aromatic rings. The Kier molecular flexibility index (Phi) is 9.87. The first-order valence-electron chi connectivity index (χ1n) is 10.6. The zero-order chi connectivity index (χ0) is 24.7. The monoisotopic (exact) mass is 473 g/mol. The molecule has 13 heteroatoms. The predicted molar refractivity (Wildman–Crippen MR) is 109 cm³/mol. The number of ether oxygens (including phenoxy) is 6. The minimum Gasteiger partial charge on any atom is -0.463 e. The van der Waals surface area contributed by atoms with Gasteiger partial charge in [-0.05, 0) is 5.53 Å². The maximum Gasteiger partial charge on any atom is 0.303 e. The van der Waals surface area contributed by atoms with Gasteiger partial charge in [-0.2, -0.15) is 0 Å². The van der Waals surface area contributed by atoms with E-state index < -0.39 is 66.7 Å². The van der Waals surface area contributed by atoms with Gasteiger partial charge in [-0.25, -0.2) is 0 Å². The summed E-state index contributed by atoms with van der Waals surface area (Å²) >= 11 is 0. The van der Waals surface area contributed by atoms with Crippen LogP contribution in [0.1, 0.15) is 34.6 Å². The summed E-state index contributed by atoms with van der Waals surface area (Å²) in [5, 5.41) is 14.0. The topological polar surface area (TPSA) is 176 Å². The first-order chi connectivity index (χ1) is 15.5. The van der Waals surface area contributed by atoms with E-state index in [2.05, 4.69) is 10.0 Å². The van der Waals surface area contributed by atoms with Gasteiger partial charge in [0.15, 0.2) is 12.4 Å². The van der Waals surface area contributed by atoms with Crippen LogP contribution in [0, 0.1) is 11.8 Å². The number of hydrogen-bond donors (Lipinski definition) is 1. The molecule has 0 spiro atoms. The van der Waals surface area contributed by atoms with Crippen molar-refractivity contribution >= 4 is 17.9 Å². The summed E-state index contributed by atoms with van der Waals surface area (Å²) in [6, 6.07) is -0.868. The number of aliphatic hydroxyl groups is 1. The summed E-state index contributed by atoms with van der Waals surface area (Å²) in [4.78, 5) is 37.5. The highest BCUT2D eigenvalue weighted by atomic mass is 16.7. The lowest BCUT2D eigenvalue weighted by Crippen LogP contribution is -2.59. The van der Waals surface area contributed by atoms with Crippen molar-refractivity contribution in [2.45, 2.75) is 77.5 Å². The van der Waals surface area contributed by atoms with E-state index >= 15 is 0 Å². The summed E-state index contributed by atoms with van der Waals surface area (Å²) in [6.45, 7) is 6.95. The maximum absolute atomic E-state index is 11.7. The van der Waals surface area contributed by atoms with Crippen LogP contribution in [0.2, 0.25) is 0 Å². The highest BCUT2D eigenvalue weighted by Gasteiger charge is 2.49. The molecule has 0 aliphatic carbocycles. The lowest BCUT2D eigenvalue weighted by Gasteiger charge is -2.44. The van der Waals surface area contributed by atoms with Crippen LogP contribution in [0.3, 0.4) is 0 Å². The third-order valence-corrected chi connectivity index (χ3v) is 5.50. The summed E-state index contributed by atoms with van der Waals surface area (Å²) in [5.74, 6) is -2.64. The van der Waals surface area contributed by atoms with E-state index in [1.807, 2.05) is 0 Å². The van der Waals surface area contributed by atoms with Gasteiger partial charge in [0.05, 0.1) is 31.5 Å². The van der Waals surface area contributed by atoms with Gasteiger partial charge in [0.1, 0.15) is 18.8 Å². The standard InChI is InChI=1S/C20H31N3O10/c1-9-6-29-14(16(17(9)27)22-23-21)7-30-20-10(2)18(31-12(4)25)19(32-13(5)26)15(33-20)8-28-11(3)24/h9-10,14-20,27H,6-8H2,1-5H3/t9?,10?,14?,15?,16-,17+,18+,19-,20+/m0/s1. The fourth-order valence-corrected chi connectivity index (χ4v) is 3.83. The zero-order valence-corrected chi connectivity index (χ0v) is 19.3. The summed E-state index contributed by atoms with van der Waals surface area (Å²) in [6.07, 6.45) is -5.59. The summed E-state index contributed by atoms with van der Waals surface area (Å²) in [5.41, 5.74) is 8.85. The van der Waals surface area contributed by atoms with Crippen LogP contribution in [-0.2, 0) is 42.8 Å². The first-order valence-corrected chi connectivity index (χ1v) is 10.6. The lowest BCUT2D eigenvalue weighted by molar-refractivity contribution is -0.295. The Labute approximate surface area is 191 Å². The van der Waals surface area contributed by atoms with E-state index in [4.69, 9.17) is 34.0 Å². The number of nitrogens with zero attached hydrogens (tertiary/aromatic N) is 3. The SMILES string of the molecule is CC(=O)OCC1O[C@@H](OCC2OCC(C)[C@@H](O)[C@H]2N=[N+]=[N-])C(C)[C@@H](OC(C)=O)[C@H]1OC(C)=O. The van der Waals surface area contributed by atoms with E-state index in [-0.39, 0.29) is 25.7 Å². The Hall–Kier alpha value is -2.44. The molecule has 0 radical (unpaired) electrons. The molecule has 0 saturated carbocycles. The van der Waals surface area contributed by atoms with Gasteiger partial charge in [0.25, 0.3) is 0 Å². The second-order valence-electron chi connectivity index (χ2n) is 8.22. The average Bonchev–Trinajstić information content (AvgIpc) is 2.73. The minimum absolute atomic E-state index is 0.103. The van der Waals surface area contributed by atoms with Gasteiger partial charge in [-0.1, -0.05) is 19.0 Å². The van der Waals surface area contributed by atoms with Crippen LogP contribution in [0.15, 0.2) is 5.11 Å². The van der Waals surface area contributed by atoms with E-state index in [1.54, 1.807) is 13.8 Å². The molecule has 0 bridgehead atoms. The van der Waals surface area contributed by atoms with Crippen LogP contribution in [0.4, 0.5) is 0 Å². The summed E-state index contributed by atoms with van der Waals surface area (Å²) < 4.78 is 33.3. The Balaban J connectivity index is 2.20. The molecule has 0 aromatic heterocycles. The quantitative estimate of drug-likeness (QED) is 0.175. The average molecular weight is 473 g/mol. The van der Waals surface area contributed by atoms with E-state index in [0.717, 1.165) is 0 Å². The molecule has 2 fully saturated rings. The highest BCUT2D eigenvalue weighted by molar-refractivity contribution is 5.67. The zero-order valence-electron chi connectivity index (χ0n) is 19.3. The normalized spacial score (nSPS) is 36.2. The van der Waals surface area contributed by atoms with Crippen LogP contribution >= 0.6 is 0 Å². The number of esters is 3. The van der Waals surface area contributed by atoms with Crippen LogP contribution < -0.4 is 0 Å². The van der Waals surface area contributed by atoms with Crippen molar-refractivity contribution in [1.82, 2.24) is 0 Å². The van der Waals surface area contributed by atoms with E-state index in [1.165, 1.54) is 20.8 Å². The second-order valence-corrected chi connectivity index (χ2v) is 8.22. The highest BCUT2D eigenvalue weighted by Crippen LogP contribution is 2.32. The molecule has 2 heterocycles. The molecule has 2 aliphatic heterocycles. The second kappa shape index (κ2) is 12.1. The van der Waals surface area contributed by atoms with Crippen LogP contribution in [0.5, 0.6) is 0 Å². The first kappa shape index (κ1) is 26.8. The Morgan fingerprint density at radius 1 is 1.03 bits per heavy atom. The Morgan fingerprint density at radius 3 is 2.24 bits per heavy atom. The van der Waals surface area contributed by atoms with Crippen LogP contribution in [-0.4, -0.2) is 85.7 Å². The van der Waals surface area contributed by atoms with E-state index in [9.17, 15) is 19.5 Å². The molecule has 2 rings (SSSR count). The lowest BCUT2D eigenvalue weighted by atomic mass is 9.91. The maximum atomic E-state index is 11.7.